The number of methoxy groups -OCH3 is 2. The maximum atomic E-state index is 12.2. The molecule has 0 aromatic heterocycles. The molecule has 0 amide bonds. The monoisotopic (exact) mass is 442 g/mol. The molecule has 7 nitrogen and oxygen atoms in total. The zero-order valence-corrected chi connectivity index (χ0v) is 19.3. The Labute approximate surface area is 188 Å². The van der Waals surface area contributed by atoms with Gasteiger partial charge in [0.25, 0.3) is 0 Å². The fraction of sp³-hybridized carbons (Fsp3) is 0.360. The second kappa shape index (κ2) is 10.8. The minimum Gasteiger partial charge on any atom is -0.504 e. The number of ether oxygens (including phenoxy) is 3. The van der Waals surface area contributed by atoms with E-state index in [1.54, 1.807) is 26.2 Å². The molecule has 0 saturated carbocycles. The molecule has 0 aliphatic heterocycles. The van der Waals surface area contributed by atoms with Gasteiger partial charge in [-0.1, -0.05) is 13.8 Å². The van der Waals surface area contributed by atoms with Crippen molar-refractivity contribution in [2.24, 2.45) is 5.92 Å². The van der Waals surface area contributed by atoms with Crippen LogP contribution < -0.4 is 9.47 Å². The fourth-order valence-corrected chi connectivity index (χ4v) is 3.45. The van der Waals surface area contributed by atoms with Gasteiger partial charge in [0.1, 0.15) is 17.1 Å². The first-order chi connectivity index (χ1) is 15.1. The van der Waals surface area contributed by atoms with Gasteiger partial charge in [-0.15, -0.1) is 0 Å². The molecule has 0 heterocycles. The van der Waals surface area contributed by atoms with Crippen molar-refractivity contribution in [1.29, 1.82) is 0 Å². The van der Waals surface area contributed by atoms with Crippen LogP contribution in [0.15, 0.2) is 30.3 Å². The number of carbonyl (C=O) groups excluding carboxylic acids is 1. The average Bonchev–Trinajstić information content (AvgIpc) is 2.71. The van der Waals surface area contributed by atoms with Crippen LogP contribution in [0.4, 0.5) is 0 Å². The van der Waals surface area contributed by atoms with Gasteiger partial charge in [-0.3, -0.25) is 4.79 Å². The Bertz CT molecular complexity index is 1020. The molecule has 0 radical (unpaired) electrons. The van der Waals surface area contributed by atoms with E-state index in [9.17, 15) is 19.8 Å². The quantitative estimate of drug-likeness (QED) is 0.466. The smallest absolute Gasteiger partial charge is 0.343 e. The maximum absolute atomic E-state index is 12.2. The van der Waals surface area contributed by atoms with E-state index in [0.29, 0.717) is 23.5 Å². The van der Waals surface area contributed by atoms with Gasteiger partial charge in [0.15, 0.2) is 17.3 Å². The van der Waals surface area contributed by atoms with Crippen LogP contribution in [-0.2, 0) is 9.53 Å². The van der Waals surface area contributed by atoms with E-state index in [2.05, 4.69) is 0 Å². The number of aromatic hydroxyl groups is 1. The Morgan fingerprint density at radius 1 is 1.12 bits per heavy atom. The predicted octanol–water partition coefficient (Wildman–Crippen LogP) is 5.54. The van der Waals surface area contributed by atoms with E-state index in [4.69, 9.17) is 14.2 Å². The van der Waals surface area contributed by atoms with Gasteiger partial charge in [0.2, 0.25) is 0 Å². The zero-order chi connectivity index (χ0) is 24.0. The highest BCUT2D eigenvalue weighted by molar-refractivity contribution is 5.95. The van der Waals surface area contributed by atoms with Crippen molar-refractivity contribution in [1.82, 2.24) is 0 Å². The third-order valence-corrected chi connectivity index (χ3v) is 4.84. The number of carbonyl (C=O) groups is 2. The third-order valence-electron chi connectivity index (χ3n) is 4.84. The van der Waals surface area contributed by atoms with E-state index in [0.717, 1.165) is 5.56 Å². The van der Waals surface area contributed by atoms with Gasteiger partial charge in [-0.05, 0) is 68.2 Å². The van der Waals surface area contributed by atoms with Crippen molar-refractivity contribution < 1.29 is 34.0 Å². The van der Waals surface area contributed by atoms with Gasteiger partial charge in [0, 0.05) is 18.2 Å². The summed E-state index contributed by atoms with van der Waals surface area (Å²) in [7, 11) is 2.96. The molecule has 0 fully saturated rings. The maximum Gasteiger partial charge on any atom is 0.343 e. The molecule has 2 aromatic rings. The molecule has 7 heteroatoms. The minimum atomic E-state index is -1.24. The van der Waals surface area contributed by atoms with Crippen LogP contribution in [0.3, 0.4) is 0 Å². The van der Waals surface area contributed by atoms with E-state index in [-0.39, 0.29) is 40.4 Å². The lowest BCUT2D eigenvalue weighted by Crippen LogP contribution is -2.11. The second-order valence-corrected chi connectivity index (χ2v) is 7.97. The molecule has 1 atom stereocenters. The van der Waals surface area contributed by atoms with Crippen molar-refractivity contribution in [2.45, 2.75) is 40.2 Å². The number of ketones is 1. The summed E-state index contributed by atoms with van der Waals surface area (Å²) in [5.74, 6) is -1.12. The number of hydrogen-bond donors (Lipinski definition) is 2. The molecule has 2 N–H and O–H groups in total. The number of hydrogen-bond acceptors (Lipinski definition) is 6. The summed E-state index contributed by atoms with van der Waals surface area (Å²) in [6, 6.07) is 6.44. The molecular formula is C25H30O7. The van der Waals surface area contributed by atoms with Crippen LogP contribution in [0.5, 0.6) is 23.0 Å². The SMILES string of the molecule is COc1c(C(CC(C)C)OC)ccc(Oc2c(O)cc(C)cc2C=CC(C)=O)c1C(=O)O. The van der Waals surface area contributed by atoms with Gasteiger partial charge in [-0.2, -0.15) is 0 Å². The molecular weight excluding hydrogens is 412 g/mol. The lowest BCUT2D eigenvalue weighted by molar-refractivity contribution is -0.112. The van der Waals surface area contributed by atoms with Gasteiger partial charge in [-0.25, -0.2) is 4.79 Å². The lowest BCUT2D eigenvalue weighted by Gasteiger charge is -2.23. The Morgan fingerprint density at radius 2 is 1.81 bits per heavy atom. The molecule has 2 aromatic carbocycles. The Morgan fingerprint density at radius 3 is 2.34 bits per heavy atom. The van der Waals surface area contributed by atoms with Gasteiger partial charge in [0.05, 0.1) is 13.2 Å². The molecule has 0 saturated heterocycles. The average molecular weight is 443 g/mol. The molecule has 0 bridgehead atoms. The summed E-state index contributed by atoms with van der Waals surface area (Å²) >= 11 is 0. The molecule has 2 rings (SSSR count). The first-order valence-corrected chi connectivity index (χ1v) is 10.3. The van der Waals surface area contributed by atoms with E-state index in [1.165, 1.54) is 38.3 Å². The van der Waals surface area contributed by atoms with Crippen LogP contribution >= 0.6 is 0 Å². The van der Waals surface area contributed by atoms with Crippen LogP contribution in [0.2, 0.25) is 0 Å². The first kappa shape index (κ1) is 24.9. The molecule has 172 valence electrons. The number of allylic oxidation sites excluding steroid dienone is 1. The largest absolute Gasteiger partial charge is 0.504 e. The highest BCUT2D eigenvalue weighted by Crippen LogP contribution is 2.43. The molecule has 0 aliphatic carbocycles. The Kier molecular flexibility index (Phi) is 8.43. The Hall–Kier alpha value is -3.32. The standard InChI is InChI=1S/C25H30O7/c1-14(2)11-21(30-5)18-9-10-20(22(25(28)29)24(18)31-6)32-23-17(8-7-16(4)26)12-15(3)13-19(23)27/h7-10,12-14,21,27H,11H2,1-6H3,(H,28,29). The Balaban J connectivity index is 2.65. The number of rotatable bonds is 10. The van der Waals surface area contributed by atoms with E-state index in [1.807, 2.05) is 13.8 Å². The number of benzene rings is 2. The summed E-state index contributed by atoms with van der Waals surface area (Å²) in [6.07, 6.45) is 3.17. The van der Waals surface area contributed by atoms with Gasteiger partial charge < -0.3 is 24.4 Å². The van der Waals surface area contributed by atoms with Crippen LogP contribution in [0.1, 0.15) is 60.3 Å². The number of phenols is 1. The van der Waals surface area contributed by atoms with Crippen LogP contribution in [0.25, 0.3) is 6.08 Å². The molecule has 0 aliphatic rings. The van der Waals surface area contributed by atoms with Crippen molar-refractivity contribution in [3.05, 3.63) is 52.6 Å². The first-order valence-electron chi connectivity index (χ1n) is 10.3. The minimum absolute atomic E-state index is 0.00544. The summed E-state index contributed by atoms with van der Waals surface area (Å²) in [6.45, 7) is 7.28. The normalized spacial score (nSPS) is 12.2. The highest BCUT2D eigenvalue weighted by Gasteiger charge is 2.27. The number of carboxylic acids is 1. The second-order valence-electron chi connectivity index (χ2n) is 7.97. The summed E-state index contributed by atoms with van der Waals surface area (Å²) in [5.41, 5.74) is 1.60. The summed E-state index contributed by atoms with van der Waals surface area (Å²) in [4.78, 5) is 23.6. The van der Waals surface area contributed by atoms with Crippen LogP contribution in [0, 0.1) is 12.8 Å². The zero-order valence-electron chi connectivity index (χ0n) is 19.3. The number of carboxylic acid groups (broad SMARTS) is 1. The predicted molar refractivity (Wildman–Crippen MR) is 122 cm³/mol. The highest BCUT2D eigenvalue weighted by atomic mass is 16.5. The van der Waals surface area contributed by atoms with Crippen molar-refractivity contribution in [3.63, 3.8) is 0 Å². The summed E-state index contributed by atoms with van der Waals surface area (Å²) < 4.78 is 17.0. The molecule has 32 heavy (non-hydrogen) atoms. The third kappa shape index (κ3) is 5.88. The summed E-state index contributed by atoms with van der Waals surface area (Å²) in [5, 5.41) is 20.4. The molecule has 1 unspecified atom stereocenters. The van der Waals surface area contributed by atoms with Gasteiger partial charge >= 0.3 is 5.97 Å². The van der Waals surface area contributed by atoms with Crippen LogP contribution in [-0.4, -0.2) is 36.2 Å². The number of aromatic carboxylic acids is 1. The number of phenolic OH excluding ortho intramolecular Hbond substituents is 1. The van der Waals surface area contributed by atoms with Crippen molar-refractivity contribution in [2.75, 3.05) is 14.2 Å². The van der Waals surface area contributed by atoms with E-state index >= 15 is 0 Å². The van der Waals surface area contributed by atoms with Crippen molar-refractivity contribution >= 4 is 17.8 Å². The lowest BCUT2D eigenvalue weighted by atomic mass is 9.96. The fourth-order valence-electron chi connectivity index (χ4n) is 3.45. The molecule has 0 spiro atoms. The van der Waals surface area contributed by atoms with E-state index < -0.39 is 5.97 Å². The number of aryl methyl sites for hydroxylation is 1. The topological polar surface area (TPSA) is 102 Å². The van der Waals surface area contributed by atoms with Crippen molar-refractivity contribution in [3.8, 4) is 23.0 Å².